The average molecular weight is 177 g/mol. The number of hydrogen-bond acceptors (Lipinski definition) is 2. The number of Topliss-reactive ketones (excluding diaryl/α,β-unsaturated/α-hetero) is 1. The number of hydrogen-bond donors (Lipinski definition) is 0. The van der Waals surface area contributed by atoms with E-state index in [1.54, 1.807) is 13.1 Å². The number of pyridine rings is 1. The van der Waals surface area contributed by atoms with Gasteiger partial charge in [0.1, 0.15) is 5.78 Å². The quantitative estimate of drug-likeness (QED) is 0.706. The summed E-state index contributed by atoms with van der Waals surface area (Å²) >= 11 is 0. The molecule has 70 valence electrons. The van der Waals surface area contributed by atoms with Crippen LogP contribution in [0.4, 0.5) is 0 Å². The first kappa shape index (κ1) is 9.90. The van der Waals surface area contributed by atoms with E-state index in [0.717, 1.165) is 12.1 Å². The fourth-order valence-electron chi connectivity index (χ4n) is 1.44. The molecule has 0 aromatic carbocycles. The van der Waals surface area contributed by atoms with E-state index >= 15 is 0 Å². The molecule has 0 aliphatic heterocycles. The maximum absolute atomic E-state index is 10.8. The van der Waals surface area contributed by atoms with Crippen molar-refractivity contribution in [2.75, 3.05) is 0 Å². The largest absolute Gasteiger partial charge is 0.300 e. The van der Waals surface area contributed by atoms with E-state index in [1.807, 2.05) is 18.2 Å². The summed E-state index contributed by atoms with van der Waals surface area (Å²) in [6, 6.07) is 5.87. The van der Waals surface area contributed by atoms with Crippen molar-refractivity contribution in [1.82, 2.24) is 4.98 Å². The maximum atomic E-state index is 10.8. The summed E-state index contributed by atoms with van der Waals surface area (Å²) in [6.45, 7) is 3.71. The van der Waals surface area contributed by atoms with Gasteiger partial charge in [-0.2, -0.15) is 0 Å². The Labute approximate surface area is 79.0 Å². The molecular weight excluding hydrogens is 162 g/mol. The second-order valence-corrected chi connectivity index (χ2v) is 3.54. The molecule has 0 spiro atoms. The molecule has 0 fully saturated rings. The molecule has 1 rings (SSSR count). The van der Waals surface area contributed by atoms with Crippen LogP contribution in [0, 0.1) is 5.92 Å². The van der Waals surface area contributed by atoms with Crippen LogP contribution >= 0.6 is 0 Å². The fourth-order valence-corrected chi connectivity index (χ4v) is 1.44. The third kappa shape index (κ3) is 3.83. The van der Waals surface area contributed by atoms with E-state index in [9.17, 15) is 4.79 Å². The molecule has 0 bridgehead atoms. The van der Waals surface area contributed by atoms with Gasteiger partial charge in [0.25, 0.3) is 0 Å². The molecule has 1 atom stereocenters. The second kappa shape index (κ2) is 4.75. The van der Waals surface area contributed by atoms with Crippen LogP contribution in [0.3, 0.4) is 0 Å². The van der Waals surface area contributed by atoms with E-state index in [2.05, 4.69) is 11.9 Å². The molecule has 13 heavy (non-hydrogen) atoms. The van der Waals surface area contributed by atoms with Gasteiger partial charge in [0, 0.05) is 18.3 Å². The van der Waals surface area contributed by atoms with Crippen LogP contribution < -0.4 is 0 Å². The van der Waals surface area contributed by atoms with Crippen molar-refractivity contribution >= 4 is 5.78 Å². The topological polar surface area (TPSA) is 30.0 Å². The Morgan fingerprint density at radius 1 is 1.54 bits per heavy atom. The molecule has 0 N–H and O–H groups in total. The third-order valence-electron chi connectivity index (χ3n) is 1.92. The zero-order chi connectivity index (χ0) is 9.68. The zero-order valence-corrected chi connectivity index (χ0v) is 8.16. The smallest absolute Gasteiger partial charge is 0.130 e. The van der Waals surface area contributed by atoms with Gasteiger partial charge in [-0.1, -0.05) is 13.0 Å². The Bertz CT molecular complexity index is 269. The molecule has 0 aliphatic carbocycles. The number of carbonyl (C=O) groups is 1. The molecule has 1 heterocycles. The highest BCUT2D eigenvalue weighted by atomic mass is 16.1. The van der Waals surface area contributed by atoms with Crippen molar-refractivity contribution in [3.8, 4) is 0 Å². The molecule has 0 amide bonds. The third-order valence-corrected chi connectivity index (χ3v) is 1.92. The van der Waals surface area contributed by atoms with E-state index in [1.165, 1.54) is 0 Å². The molecule has 2 heteroatoms. The lowest BCUT2D eigenvalue weighted by atomic mass is 9.99. The second-order valence-electron chi connectivity index (χ2n) is 3.54. The number of carbonyl (C=O) groups excluding carboxylic acids is 1. The van der Waals surface area contributed by atoms with Crippen LogP contribution in [0.25, 0.3) is 0 Å². The number of aromatic nitrogens is 1. The Hall–Kier alpha value is -1.18. The summed E-state index contributed by atoms with van der Waals surface area (Å²) in [5, 5.41) is 0. The van der Waals surface area contributed by atoms with Crippen molar-refractivity contribution in [2.45, 2.75) is 26.7 Å². The first-order valence-corrected chi connectivity index (χ1v) is 4.58. The summed E-state index contributed by atoms with van der Waals surface area (Å²) in [5.74, 6) is 0.649. The monoisotopic (exact) mass is 177 g/mol. The zero-order valence-electron chi connectivity index (χ0n) is 8.16. The number of ketones is 1. The molecule has 0 saturated carbocycles. The Morgan fingerprint density at radius 2 is 2.31 bits per heavy atom. The van der Waals surface area contributed by atoms with Gasteiger partial charge in [-0.05, 0) is 31.4 Å². The summed E-state index contributed by atoms with van der Waals surface area (Å²) in [6.07, 6.45) is 3.33. The van der Waals surface area contributed by atoms with Crippen molar-refractivity contribution in [3.63, 3.8) is 0 Å². The lowest BCUT2D eigenvalue weighted by molar-refractivity contribution is -0.117. The van der Waals surface area contributed by atoms with E-state index in [-0.39, 0.29) is 5.78 Å². The van der Waals surface area contributed by atoms with Crippen LogP contribution in [0.1, 0.15) is 26.0 Å². The minimum absolute atomic E-state index is 0.253. The van der Waals surface area contributed by atoms with Gasteiger partial charge in [0.15, 0.2) is 0 Å². The summed E-state index contributed by atoms with van der Waals surface area (Å²) < 4.78 is 0. The number of nitrogens with zero attached hydrogens (tertiary/aromatic N) is 1. The molecule has 2 nitrogen and oxygen atoms in total. The lowest BCUT2D eigenvalue weighted by Crippen LogP contribution is -2.05. The van der Waals surface area contributed by atoms with Gasteiger partial charge >= 0.3 is 0 Å². The average Bonchev–Trinajstić information content (AvgIpc) is 2.04. The Balaban J connectivity index is 2.45. The molecule has 1 unspecified atom stereocenters. The standard InChI is InChI=1S/C11H15NO/c1-9(7-10(2)13)8-11-5-3-4-6-12-11/h3-6,9H,7-8H2,1-2H3. The van der Waals surface area contributed by atoms with E-state index in [4.69, 9.17) is 0 Å². The molecule has 0 radical (unpaired) electrons. The Kier molecular flexibility index (Phi) is 3.62. The molecule has 1 aromatic rings. The van der Waals surface area contributed by atoms with Crippen LogP contribution in [-0.4, -0.2) is 10.8 Å². The summed E-state index contributed by atoms with van der Waals surface area (Å²) in [7, 11) is 0. The SMILES string of the molecule is CC(=O)CC(C)Cc1ccccn1. The van der Waals surface area contributed by atoms with E-state index < -0.39 is 0 Å². The van der Waals surface area contributed by atoms with Crippen LogP contribution in [0.5, 0.6) is 0 Å². The van der Waals surface area contributed by atoms with Crippen LogP contribution in [0.15, 0.2) is 24.4 Å². The molecule has 1 aromatic heterocycles. The predicted octanol–water partition coefficient (Wildman–Crippen LogP) is 2.24. The van der Waals surface area contributed by atoms with Crippen molar-refractivity contribution in [3.05, 3.63) is 30.1 Å². The van der Waals surface area contributed by atoms with E-state index in [0.29, 0.717) is 12.3 Å². The highest BCUT2D eigenvalue weighted by Gasteiger charge is 2.06. The van der Waals surface area contributed by atoms with Crippen molar-refractivity contribution < 1.29 is 4.79 Å². The molecule has 0 aliphatic rings. The first-order chi connectivity index (χ1) is 6.18. The molecular formula is C11H15NO. The van der Waals surface area contributed by atoms with Crippen molar-refractivity contribution in [2.24, 2.45) is 5.92 Å². The van der Waals surface area contributed by atoms with Gasteiger partial charge in [-0.3, -0.25) is 4.98 Å². The van der Waals surface area contributed by atoms with Crippen molar-refractivity contribution in [1.29, 1.82) is 0 Å². The summed E-state index contributed by atoms with van der Waals surface area (Å²) in [4.78, 5) is 15.0. The molecule has 0 saturated heterocycles. The maximum Gasteiger partial charge on any atom is 0.130 e. The minimum Gasteiger partial charge on any atom is -0.300 e. The number of rotatable bonds is 4. The highest BCUT2D eigenvalue weighted by molar-refractivity contribution is 5.75. The normalized spacial score (nSPS) is 12.5. The fraction of sp³-hybridized carbons (Fsp3) is 0.455. The van der Waals surface area contributed by atoms with Gasteiger partial charge in [0.2, 0.25) is 0 Å². The van der Waals surface area contributed by atoms with Gasteiger partial charge < -0.3 is 4.79 Å². The minimum atomic E-state index is 0.253. The van der Waals surface area contributed by atoms with Crippen LogP contribution in [0.2, 0.25) is 0 Å². The van der Waals surface area contributed by atoms with Crippen LogP contribution in [-0.2, 0) is 11.2 Å². The van der Waals surface area contributed by atoms with Gasteiger partial charge in [-0.25, -0.2) is 0 Å². The first-order valence-electron chi connectivity index (χ1n) is 4.58. The van der Waals surface area contributed by atoms with Gasteiger partial charge in [0.05, 0.1) is 0 Å². The predicted molar refractivity (Wildman–Crippen MR) is 52.4 cm³/mol. The van der Waals surface area contributed by atoms with Gasteiger partial charge in [-0.15, -0.1) is 0 Å². The summed E-state index contributed by atoms with van der Waals surface area (Å²) in [5.41, 5.74) is 1.07. The Morgan fingerprint density at radius 3 is 2.85 bits per heavy atom. The highest BCUT2D eigenvalue weighted by Crippen LogP contribution is 2.09. The lowest BCUT2D eigenvalue weighted by Gasteiger charge is -2.07.